The molecule has 3 saturated carbocycles. The van der Waals surface area contributed by atoms with Crippen LogP contribution < -0.4 is 0 Å². The number of allylic oxidation sites excluding steroid dienone is 1. The summed E-state index contributed by atoms with van der Waals surface area (Å²) in [6, 6.07) is 0. The third-order valence-electron chi connectivity index (χ3n) is 10.3. The van der Waals surface area contributed by atoms with E-state index in [1.807, 2.05) is 13.8 Å². The Hall–Kier alpha value is -0.340. The zero-order valence-corrected chi connectivity index (χ0v) is 19.7. The third kappa shape index (κ3) is 3.86. The van der Waals surface area contributed by atoms with Crippen molar-refractivity contribution in [1.29, 1.82) is 0 Å². The van der Waals surface area contributed by atoms with Gasteiger partial charge in [-0.3, -0.25) is 0 Å². The summed E-state index contributed by atoms with van der Waals surface area (Å²) < 4.78 is 0. The molecule has 2 heteroatoms. The fourth-order valence-electron chi connectivity index (χ4n) is 8.67. The SMILES string of the molecule is C[C@@H](CCCC(C)(C)O)C1CCC2C3CC=C4CC(O)CC[C@]4(C)C3CC[C@@]21C. The quantitative estimate of drug-likeness (QED) is 0.515. The van der Waals surface area contributed by atoms with Crippen LogP contribution in [-0.2, 0) is 0 Å². The molecule has 29 heavy (non-hydrogen) atoms. The predicted molar refractivity (Wildman–Crippen MR) is 121 cm³/mol. The van der Waals surface area contributed by atoms with Crippen molar-refractivity contribution < 1.29 is 10.2 Å². The number of aliphatic hydroxyl groups is 2. The largest absolute Gasteiger partial charge is 0.393 e. The molecule has 0 radical (unpaired) electrons. The minimum absolute atomic E-state index is 0.0969. The van der Waals surface area contributed by atoms with Crippen molar-refractivity contribution in [3.8, 4) is 0 Å². The normalized spacial score (nSPS) is 45.8. The second-order valence-electron chi connectivity index (χ2n) is 12.6. The second-order valence-corrected chi connectivity index (χ2v) is 12.6. The van der Waals surface area contributed by atoms with Gasteiger partial charge < -0.3 is 10.2 Å². The van der Waals surface area contributed by atoms with E-state index in [0.29, 0.717) is 10.8 Å². The maximum atomic E-state index is 10.2. The molecular weight excluding hydrogens is 356 g/mol. The Morgan fingerprint density at radius 1 is 1.10 bits per heavy atom. The summed E-state index contributed by atoms with van der Waals surface area (Å²) in [6.07, 6.45) is 15.9. The van der Waals surface area contributed by atoms with Gasteiger partial charge in [-0.05, 0) is 112 Å². The molecule has 3 fully saturated rings. The smallest absolute Gasteiger partial charge is 0.0591 e. The molecule has 0 aromatic rings. The summed E-state index contributed by atoms with van der Waals surface area (Å²) >= 11 is 0. The van der Waals surface area contributed by atoms with E-state index in [9.17, 15) is 10.2 Å². The Bertz CT molecular complexity index is 631. The van der Waals surface area contributed by atoms with Crippen LogP contribution in [0.2, 0.25) is 0 Å². The Morgan fingerprint density at radius 2 is 1.86 bits per heavy atom. The van der Waals surface area contributed by atoms with Crippen molar-refractivity contribution >= 4 is 0 Å². The Morgan fingerprint density at radius 3 is 2.59 bits per heavy atom. The number of fused-ring (bicyclic) bond motifs is 5. The van der Waals surface area contributed by atoms with Gasteiger partial charge in [0, 0.05) is 0 Å². The Kier molecular flexibility index (Phi) is 5.78. The second kappa shape index (κ2) is 7.66. The van der Waals surface area contributed by atoms with E-state index >= 15 is 0 Å². The van der Waals surface area contributed by atoms with E-state index in [1.54, 1.807) is 5.57 Å². The van der Waals surface area contributed by atoms with Gasteiger partial charge in [0.2, 0.25) is 0 Å². The molecule has 4 aliphatic carbocycles. The van der Waals surface area contributed by atoms with Crippen molar-refractivity contribution in [3.05, 3.63) is 11.6 Å². The van der Waals surface area contributed by atoms with Crippen LogP contribution >= 0.6 is 0 Å². The van der Waals surface area contributed by atoms with Crippen molar-refractivity contribution in [3.63, 3.8) is 0 Å². The van der Waals surface area contributed by atoms with Gasteiger partial charge in [-0.1, -0.05) is 45.3 Å². The fraction of sp³-hybridized carbons (Fsp3) is 0.926. The fourth-order valence-corrected chi connectivity index (χ4v) is 8.67. The topological polar surface area (TPSA) is 40.5 Å². The Labute approximate surface area is 179 Å². The first-order chi connectivity index (χ1) is 13.5. The number of rotatable bonds is 5. The third-order valence-corrected chi connectivity index (χ3v) is 10.3. The van der Waals surface area contributed by atoms with E-state index in [2.05, 4.69) is 26.8 Å². The van der Waals surface area contributed by atoms with Gasteiger partial charge in [-0.25, -0.2) is 0 Å². The number of hydrogen-bond donors (Lipinski definition) is 2. The molecule has 0 bridgehead atoms. The highest BCUT2D eigenvalue weighted by Crippen LogP contribution is 2.67. The molecule has 0 aromatic heterocycles. The lowest BCUT2D eigenvalue weighted by atomic mass is 9.47. The molecule has 5 unspecified atom stereocenters. The van der Waals surface area contributed by atoms with E-state index < -0.39 is 5.60 Å². The van der Waals surface area contributed by atoms with Gasteiger partial charge in [0.15, 0.2) is 0 Å². The molecule has 8 atom stereocenters. The molecule has 0 aromatic carbocycles. The van der Waals surface area contributed by atoms with Crippen LogP contribution in [0.1, 0.15) is 105 Å². The summed E-state index contributed by atoms with van der Waals surface area (Å²) in [5, 5.41) is 20.3. The molecular formula is C27H46O2. The number of hydrogen-bond acceptors (Lipinski definition) is 2. The van der Waals surface area contributed by atoms with Crippen LogP contribution in [0.3, 0.4) is 0 Å². The Balaban J connectivity index is 1.47. The highest BCUT2D eigenvalue weighted by Gasteiger charge is 2.59. The van der Waals surface area contributed by atoms with Gasteiger partial charge in [0.1, 0.15) is 0 Å². The summed E-state index contributed by atoms with van der Waals surface area (Å²) in [5.41, 5.74) is 1.95. The van der Waals surface area contributed by atoms with Crippen LogP contribution in [0.5, 0.6) is 0 Å². The van der Waals surface area contributed by atoms with Crippen LogP contribution in [0.4, 0.5) is 0 Å². The lowest BCUT2D eigenvalue weighted by Crippen LogP contribution is -2.50. The molecule has 0 amide bonds. The molecule has 4 aliphatic rings. The van der Waals surface area contributed by atoms with Crippen molar-refractivity contribution in [2.75, 3.05) is 0 Å². The van der Waals surface area contributed by atoms with E-state index in [0.717, 1.165) is 55.3 Å². The molecule has 2 nitrogen and oxygen atoms in total. The van der Waals surface area contributed by atoms with Crippen LogP contribution in [0.15, 0.2) is 11.6 Å². The first kappa shape index (κ1) is 21.9. The van der Waals surface area contributed by atoms with Gasteiger partial charge >= 0.3 is 0 Å². The standard InChI is InChI=1S/C27H46O2/c1-18(7-6-14-25(2,3)29)22-10-11-23-21-9-8-19-17-20(28)12-15-26(19,4)24(21)13-16-27(22,23)5/h8,18,20-24,28-29H,6-7,9-17H2,1-5H3/t18-,20?,21?,22?,23?,24?,26-,27+/m0/s1. The van der Waals surface area contributed by atoms with E-state index in [-0.39, 0.29) is 6.10 Å². The van der Waals surface area contributed by atoms with Gasteiger partial charge in [-0.2, -0.15) is 0 Å². The summed E-state index contributed by atoms with van der Waals surface area (Å²) in [5.74, 6) is 4.24. The summed E-state index contributed by atoms with van der Waals surface area (Å²) in [6.45, 7) is 11.6. The highest BCUT2D eigenvalue weighted by molar-refractivity contribution is 5.25. The van der Waals surface area contributed by atoms with E-state index in [4.69, 9.17) is 0 Å². The first-order valence-corrected chi connectivity index (χ1v) is 12.6. The van der Waals surface area contributed by atoms with Crippen LogP contribution in [0.25, 0.3) is 0 Å². The summed E-state index contributed by atoms with van der Waals surface area (Å²) in [4.78, 5) is 0. The van der Waals surface area contributed by atoms with Gasteiger partial charge in [0.05, 0.1) is 11.7 Å². The highest BCUT2D eigenvalue weighted by atomic mass is 16.3. The van der Waals surface area contributed by atoms with Crippen LogP contribution in [0, 0.1) is 40.4 Å². The maximum Gasteiger partial charge on any atom is 0.0591 e. The van der Waals surface area contributed by atoms with Gasteiger partial charge in [0.25, 0.3) is 0 Å². The zero-order valence-electron chi connectivity index (χ0n) is 19.7. The molecule has 4 rings (SSSR count). The van der Waals surface area contributed by atoms with Crippen molar-refractivity contribution in [2.24, 2.45) is 40.4 Å². The first-order valence-electron chi connectivity index (χ1n) is 12.6. The monoisotopic (exact) mass is 402 g/mol. The lowest BCUT2D eigenvalue weighted by molar-refractivity contribution is -0.0575. The predicted octanol–water partition coefficient (Wildman–Crippen LogP) is 6.50. The molecule has 2 N–H and O–H groups in total. The molecule has 166 valence electrons. The maximum absolute atomic E-state index is 10.2. The van der Waals surface area contributed by atoms with E-state index in [1.165, 1.54) is 44.9 Å². The average molecular weight is 403 g/mol. The summed E-state index contributed by atoms with van der Waals surface area (Å²) in [7, 11) is 0. The van der Waals surface area contributed by atoms with Crippen molar-refractivity contribution in [1.82, 2.24) is 0 Å². The lowest BCUT2D eigenvalue weighted by Gasteiger charge is -2.58. The molecule has 0 spiro atoms. The van der Waals surface area contributed by atoms with Crippen LogP contribution in [-0.4, -0.2) is 21.9 Å². The molecule has 0 aliphatic heterocycles. The minimum atomic E-state index is -0.519. The van der Waals surface area contributed by atoms with Gasteiger partial charge in [-0.15, -0.1) is 0 Å². The minimum Gasteiger partial charge on any atom is -0.393 e. The number of aliphatic hydroxyl groups excluding tert-OH is 1. The molecule has 0 saturated heterocycles. The zero-order chi connectivity index (χ0) is 21.0. The average Bonchev–Trinajstić information content (AvgIpc) is 2.98. The molecule has 0 heterocycles. The van der Waals surface area contributed by atoms with Crippen molar-refractivity contribution in [2.45, 2.75) is 117 Å².